The lowest BCUT2D eigenvalue weighted by atomic mass is 9.92. The first-order valence-corrected chi connectivity index (χ1v) is 6.65. The molecule has 1 aromatic rings. The molecule has 21 heavy (non-hydrogen) atoms. The highest BCUT2D eigenvalue weighted by Crippen LogP contribution is 2.23. The van der Waals surface area contributed by atoms with Crippen LogP contribution in [0.2, 0.25) is 0 Å². The van der Waals surface area contributed by atoms with Crippen LogP contribution >= 0.6 is 24.8 Å². The molecule has 0 bridgehead atoms. The molecule has 1 fully saturated rings. The molecular weight excluding hydrogens is 315 g/mol. The number of hydrogen-bond donors (Lipinski definition) is 2. The van der Waals surface area contributed by atoms with Gasteiger partial charge in [-0.3, -0.25) is 15.0 Å². The maximum atomic E-state index is 11.9. The van der Waals surface area contributed by atoms with E-state index in [2.05, 4.69) is 41.5 Å². The molecule has 1 saturated heterocycles. The van der Waals surface area contributed by atoms with Crippen LogP contribution in [0.5, 0.6) is 0 Å². The van der Waals surface area contributed by atoms with Crippen molar-refractivity contribution in [3.8, 4) is 0 Å². The molecule has 122 valence electrons. The van der Waals surface area contributed by atoms with Crippen LogP contribution in [0.4, 0.5) is 5.88 Å². The summed E-state index contributed by atoms with van der Waals surface area (Å²) in [4.78, 5) is 14.0. The summed E-state index contributed by atoms with van der Waals surface area (Å²) in [6, 6.07) is 1.79. The second-order valence-corrected chi connectivity index (χ2v) is 5.90. The third kappa shape index (κ3) is 6.22. The molecule has 2 N–H and O–H groups in total. The molecule has 8 heteroatoms. The second kappa shape index (κ2) is 8.58. The second-order valence-electron chi connectivity index (χ2n) is 5.90. The Morgan fingerprint density at radius 3 is 2.52 bits per heavy atom. The Balaban J connectivity index is 0.00000200. The van der Waals surface area contributed by atoms with Crippen molar-refractivity contribution in [1.29, 1.82) is 0 Å². The van der Waals surface area contributed by atoms with E-state index in [4.69, 9.17) is 4.52 Å². The van der Waals surface area contributed by atoms with Crippen LogP contribution in [0.25, 0.3) is 0 Å². The highest BCUT2D eigenvalue weighted by atomic mass is 35.5. The summed E-state index contributed by atoms with van der Waals surface area (Å²) in [5.74, 6) is 0.364. The van der Waals surface area contributed by atoms with Gasteiger partial charge in [0.15, 0.2) is 0 Å². The monoisotopic (exact) mass is 338 g/mol. The van der Waals surface area contributed by atoms with E-state index in [-0.39, 0.29) is 36.1 Å². The predicted molar refractivity (Wildman–Crippen MR) is 87.6 cm³/mol. The van der Waals surface area contributed by atoms with Crippen molar-refractivity contribution in [1.82, 2.24) is 15.4 Å². The van der Waals surface area contributed by atoms with Gasteiger partial charge in [-0.2, -0.15) is 0 Å². The predicted octanol–water partition coefficient (Wildman–Crippen LogP) is 1.66. The van der Waals surface area contributed by atoms with Crippen LogP contribution in [0.3, 0.4) is 0 Å². The van der Waals surface area contributed by atoms with E-state index in [1.807, 2.05) is 0 Å². The van der Waals surface area contributed by atoms with Gasteiger partial charge in [0, 0.05) is 37.7 Å². The summed E-state index contributed by atoms with van der Waals surface area (Å²) in [7, 11) is 0. The number of piperazine rings is 1. The molecule has 2 heterocycles. The first-order valence-electron chi connectivity index (χ1n) is 6.65. The van der Waals surface area contributed by atoms with E-state index in [0.29, 0.717) is 12.4 Å². The van der Waals surface area contributed by atoms with Crippen molar-refractivity contribution in [3.63, 3.8) is 0 Å². The number of nitrogens with one attached hydrogen (secondary N) is 2. The number of halogens is 2. The fourth-order valence-corrected chi connectivity index (χ4v) is 1.94. The van der Waals surface area contributed by atoms with E-state index in [1.54, 1.807) is 6.07 Å². The Bertz CT molecular complexity index is 440. The summed E-state index contributed by atoms with van der Waals surface area (Å²) in [6.45, 7) is 10.2. The fraction of sp³-hybridized carbons (Fsp3) is 0.692. The minimum Gasteiger partial charge on any atom is -0.338 e. The van der Waals surface area contributed by atoms with Gasteiger partial charge in [-0.05, 0) is 0 Å². The number of rotatable bonds is 3. The Morgan fingerprint density at radius 1 is 1.38 bits per heavy atom. The van der Waals surface area contributed by atoms with Crippen molar-refractivity contribution in [2.24, 2.45) is 0 Å². The number of hydrogen-bond acceptors (Lipinski definition) is 5. The van der Waals surface area contributed by atoms with Crippen molar-refractivity contribution in [2.75, 3.05) is 38.0 Å². The maximum Gasteiger partial charge on any atom is 0.240 e. The Hall–Kier alpha value is -0.820. The number of anilines is 1. The van der Waals surface area contributed by atoms with Crippen molar-refractivity contribution in [3.05, 3.63) is 11.8 Å². The van der Waals surface area contributed by atoms with Crippen LogP contribution < -0.4 is 10.6 Å². The number of nitrogens with zero attached hydrogens (tertiary/aromatic N) is 2. The number of aromatic nitrogens is 1. The van der Waals surface area contributed by atoms with Gasteiger partial charge in [-0.1, -0.05) is 25.9 Å². The molecule has 1 amide bonds. The molecule has 0 unspecified atom stereocenters. The van der Waals surface area contributed by atoms with Gasteiger partial charge >= 0.3 is 0 Å². The number of carbonyl (C=O) groups excluding carboxylic acids is 1. The molecule has 0 radical (unpaired) electrons. The summed E-state index contributed by atoms with van der Waals surface area (Å²) < 4.78 is 5.14. The van der Waals surface area contributed by atoms with Gasteiger partial charge in [-0.15, -0.1) is 24.8 Å². The Kier molecular flexibility index (Phi) is 8.25. The molecule has 1 aromatic heterocycles. The average Bonchev–Trinajstić information content (AvgIpc) is 2.78. The number of amides is 1. The zero-order valence-electron chi connectivity index (χ0n) is 12.6. The lowest BCUT2D eigenvalue weighted by Gasteiger charge is -2.26. The molecule has 6 nitrogen and oxygen atoms in total. The van der Waals surface area contributed by atoms with Crippen LogP contribution in [-0.4, -0.2) is 48.7 Å². The smallest absolute Gasteiger partial charge is 0.240 e. The first kappa shape index (κ1) is 20.2. The normalized spacial score (nSPS) is 15.8. The highest BCUT2D eigenvalue weighted by molar-refractivity contribution is 5.91. The van der Waals surface area contributed by atoms with E-state index in [9.17, 15) is 4.79 Å². The van der Waals surface area contributed by atoms with Crippen molar-refractivity contribution < 1.29 is 9.32 Å². The summed E-state index contributed by atoms with van der Waals surface area (Å²) in [5, 5.41) is 9.98. The molecule has 2 rings (SSSR count). The minimum atomic E-state index is -0.0784. The summed E-state index contributed by atoms with van der Waals surface area (Å²) in [6.07, 6.45) is 0. The molecule has 0 atom stereocenters. The lowest BCUT2D eigenvalue weighted by Crippen LogP contribution is -2.46. The molecule has 1 aliphatic heterocycles. The third-order valence-corrected chi connectivity index (χ3v) is 3.12. The summed E-state index contributed by atoms with van der Waals surface area (Å²) in [5.41, 5.74) is 0.760. The van der Waals surface area contributed by atoms with Crippen molar-refractivity contribution >= 4 is 36.6 Å². The Morgan fingerprint density at radius 2 is 2.00 bits per heavy atom. The van der Waals surface area contributed by atoms with E-state index in [1.165, 1.54) is 0 Å². The van der Waals surface area contributed by atoms with E-state index < -0.39 is 0 Å². The fourth-order valence-electron chi connectivity index (χ4n) is 1.94. The van der Waals surface area contributed by atoms with Gasteiger partial charge in [0.25, 0.3) is 0 Å². The molecule has 0 saturated carbocycles. The van der Waals surface area contributed by atoms with Gasteiger partial charge in [0.1, 0.15) is 0 Å². The van der Waals surface area contributed by atoms with Gasteiger partial charge in [-0.25, -0.2) is 0 Å². The van der Waals surface area contributed by atoms with Crippen molar-refractivity contribution in [2.45, 2.75) is 26.2 Å². The zero-order chi connectivity index (χ0) is 13.9. The average molecular weight is 339 g/mol. The summed E-state index contributed by atoms with van der Waals surface area (Å²) >= 11 is 0. The van der Waals surface area contributed by atoms with Crippen LogP contribution in [0.15, 0.2) is 10.6 Å². The third-order valence-electron chi connectivity index (χ3n) is 3.12. The molecule has 1 aliphatic rings. The largest absolute Gasteiger partial charge is 0.338 e. The lowest BCUT2D eigenvalue weighted by molar-refractivity contribution is -0.117. The standard InChI is InChI=1S/C13H22N4O2.2ClH/c1-13(2,3)10-8-12(19-16-10)15-11(18)9-17-6-4-14-5-7-17;;/h8,14H,4-7,9H2,1-3H3,(H,15,18);2*1H. The highest BCUT2D eigenvalue weighted by Gasteiger charge is 2.20. The first-order chi connectivity index (χ1) is 8.95. The minimum absolute atomic E-state index is 0. The molecule has 0 spiro atoms. The maximum absolute atomic E-state index is 11.9. The molecule has 0 aromatic carbocycles. The molecule has 0 aliphatic carbocycles. The SMILES string of the molecule is CC(C)(C)c1cc(NC(=O)CN2CCNCC2)on1.Cl.Cl. The van der Waals surface area contributed by atoms with Gasteiger partial charge < -0.3 is 9.84 Å². The quantitative estimate of drug-likeness (QED) is 0.877. The van der Waals surface area contributed by atoms with Crippen LogP contribution in [0, 0.1) is 0 Å². The van der Waals surface area contributed by atoms with Gasteiger partial charge in [0.2, 0.25) is 11.8 Å². The number of carbonyl (C=O) groups is 1. The van der Waals surface area contributed by atoms with E-state index >= 15 is 0 Å². The van der Waals surface area contributed by atoms with Gasteiger partial charge in [0.05, 0.1) is 12.2 Å². The topological polar surface area (TPSA) is 70.4 Å². The van der Waals surface area contributed by atoms with Crippen LogP contribution in [0.1, 0.15) is 26.5 Å². The zero-order valence-corrected chi connectivity index (χ0v) is 14.3. The molecular formula is C13H24Cl2N4O2. The Labute approximate surface area is 137 Å². The van der Waals surface area contributed by atoms with Crippen LogP contribution in [-0.2, 0) is 10.2 Å². The van der Waals surface area contributed by atoms with E-state index in [0.717, 1.165) is 31.9 Å².